The largest absolute Gasteiger partial charge is 0.326 e. The summed E-state index contributed by atoms with van der Waals surface area (Å²) in [4.78, 5) is 0. The third kappa shape index (κ3) is 2.40. The third-order valence-corrected chi connectivity index (χ3v) is 5.30. The lowest BCUT2D eigenvalue weighted by molar-refractivity contribution is 0.128. The Labute approximate surface area is 77.8 Å². The Hall–Kier alpha value is 0.860. The van der Waals surface area contributed by atoms with Crippen LogP contribution in [0, 0.1) is 5.41 Å². The zero-order valence-electron chi connectivity index (χ0n) is 7.00. The second kappa shape index (κ2) is 2.97. The lowest BCUT2D eigenvalue weighted by Crippen LogP contribution is -2.37. The zero-order valence-corrected chi connectivity index (χ0v) is 9.47. The summed E-state index contributed by atoms with van der Waals surface area (Å²) in [5.74, 6) is -2.12. The van der Waals surface area contributed by atoms with Crippen molar-refractivity contribution < 1.29 is 4.52 Å². The van der Waals surface area contributed by atoms with Gasteiger partial charge in [0.25, 0.3) is 0 Å². The lowest BCUT2D eigenvalue weighted by Gasteiger charge is -2.40. The van der Waals surface area contributed by atoms with Gasteiger partial charge in [0, 0.05) is 12.0 Å². The predicted molar refractivity (Wildman–Crippen MR) is 52.5 cm³/mol. The molecule has 0 bridgehead atoms. The maximum absolute atomic E-state index is 5.98. The minimum Gasteiger partial charge on any atom is -0.326 e. The normalized spacial score (nSPS) is 38.9. The summed E-state index contributed by atoms with van der Waals surface area (Å²) < 4.78 is 7.36. The number of hydrogen-bond acceptors (Lipinski definition) is 2. The van der Waals surface area contributed by atoms with Crippen LogP contribution in [0.5, 0.6) is 0 Å². The number of rotatable bonds is 0. The van der Waals surface area contributed by atoms with E-state index in [0.29, 0.717) is 6.61 Å². The summed E-state index contributed by atoms with van der Waals surface area (Å²) in [5.41, 5.74) is 0.186. The van der Waals surface area contributed by atoms with Crippen LogP contribution >= 0.6 is 17.0 Å². The van der Waals surface area contributed by atoms with E-state index in [1.54, 1.807) is 0 Å². The SMILES string of the molecule is CN1CC(C)(C)COP1(=S)Cl. The van der Waals surface area contributed by atoms with Crippen LogP contribution in [0.3, 0.4) is 0 Å². The molecule has 0 aliphatic carbocycles. The fraction of sp³-hybridized carbons (Fsp3) is 1.00. The van der Waals surface area contributed by atoms with Crippen LogP contribution in [0.1, 0.15) is 13.8 Å². The van der Waals surface area contributed by atoms with Gasteiger partial charge in [0.1, 0.15) is 0 Å². The molecular weight excluding hydrogens is 201 g/mol. The lowest BCUT2D eigenvalue weighted by atomic mass is 9.95. The summed E-state index contributed by atoms with van der Waals surface area (Å²) in [6.07, 6.45) is 0. The minimum atomic E-state index is -2.12. The van der Waals surface area contributed by atoms with Gasteiger partial charge in [-0.1, -0.05) is 13.8 Å². The molecule has 1 heterocycles. The van der Waals surface area contributed by atoms with Crippen molar-refractivity contribution in [2.75, 3.05) is 20.2 Å². The number of halogens is 1. The fourth-order valence-corrected chi connectivity index (χ4v) is 3.00. The highest BCUT2D eigenvalue weighted by Gasteiger charge is 2.34. The fourth-order valence-electron chi connectivity index (χ4n) is 1.10. The number of hydrogen-bond donors (Lipinski definition) is 0. The van der Waals surface area contributed by atoms with Crippen molar-refractivity contribution in [1.29, 1.82) is 0 Å². The second-order valence-electron chi connectivity index (χ2n) is 3.70. The first-order valence-corrected chi connectivity index (χ1v) is 7.07. The van der Waals surface area contributed by atoms with Crippen molar-refractivity contribution in [1.82, 2.24) is 4.67 Å². The van der Waals surface area contributed by atoms with Crippen LogP contribution in [0.15, 0.2) is 0 Å². The zero-order chi connectivity index (χ0) is 8.70. The average Bonchev–Trinajstić information content (AvgIpc) is 1.81. The number of nitrogens with zero attached hydrogens (tertiary/aromatic N) is 1. The molecule has 1 atom stereocenters. The summed E-state index contributed by atoms with van der Waals surface area (Å²) in [7, 11) is 1.93. The van der Waals surface area contributed by atoms with Crippen molar-refractivity contribution in [3.63, 3.8) is 0 Å². The molecular formula is C6H13ClNOPS. The van der Waals surface area contributed by atoms with E-state index in [0.717, 1.165) is 6.54 Å². The van der Waals surface area contributed by atoms with E-state index in [4.69, 9.17) is 27.6 Å². The Bertz CT molecular complexity index is 209. The van der Waals surface area contributed by atoms with Crippen LogP contribution in [-0.4, -0.2) is 24.9 Å². The molecule has 0 aromatic rings. The van der Waals surface area contributed by atoms with Gasteiger partial charge >= 0.3 is 0 Å². The van der Waals surface area contributed by atoms with Crippen molar-refractivity contribution in [3.8, 4) is 0 Å². The van der Waals surface area contributed by atoms with E-state index in [1.165, 1.54) is 0 Å². The molecule has 1 saturated heterocycles. The highest BCUT2D eigenvalue weighted by molar-refractivity contribution is 8.23. The van der Waals surface area contributed by atoms with Crippen LogP contribution in [-0.2, 0) is 16.3 Å². The van der Waals surface area contributed by atoms with Crippen LogP contribution in [0.25, 0.3) is 0 Å². The van der Waals surface area contributed by atoms with Gasteiger partial charge in [0.15, 0.2) is 0 Å². The molecule has 66 valence electrons. The van der Waals surface area contributed by atoms with E-state index in [1.807, 2.05) is 11.7 Å². The molecule has 11 heavy (non-hydrogen) atoms. The van der Waals surface area contributed by atoms with Crippen molar-refractivity contribution in [2.45, 2.75) is 13.8 Å². The molecule has 1 rings (SSSR count). The third-order valence-electron chi connectivity index (χ3n) is 1.68. The van der Waals surface area contributed by atoms with Gasteiger partial charge in [-0.2, -0.15) is 0 Å². The van der Waals surface area contributed by atoms with Crippen molar-refractivity contribution in [3.05, 3.63) is 0 Å². The van der Waals surface area contributed by atoms with E-state index < -0.39 is 5.77 Å². The van der Waals surface area contributed by atoms with E-state index >= 15 is 0 Å². The molecule has 0 radical (unpaired) electrons. The van der Waals surface area contributed by atoms with E-state index in [9.17, 15) is 0 Å². The first-order valence-electron chi connectivity index (χ1n) is 3.49. The van der Waals surface area contributed by atoms with Gasteiger partial charge in [-0.3, -0.25) is 0 Å². The van der Waals surface area contributed by atoms with Crippen molar-refractivity contribution in [2.24, 2.45) is 5.41 Å². The standard InChI is InChI=1S/C6H13ClNOPS/c1-6(2)4-8(3)10(7,11)9-5-6/h4-5H2,1-3H3. The van der Waals surface area contributed by atoms with Gasteiger partial charge in [-0.05, 0) is 30.1 Å². The second-order valence-corrected chi connectivity index (χ2v) is 9.01. The smallest absolute Gasteiger partial charge is 0.221 e. The summed E-state index contributed by atoms with van der Waals surface area (Å²) >= 11 is 11.1. The summed E-state index contributed by atoms with van der Waals surface area (Å²) in [5, 5.41) is 0. The molecule has 0 aromatic heterocycles. The van der Waals surface area contributed by atoms with E-state index in [-0.39, 0.29) is 5.41 Å². The molecule has 1 unspecified atom stereocenters. The molecule has 2 nitrogen and oxygen atoms in total. The van der Waals surface area contributed by atoms with Gasteiger partial charge in [0.05, 0.1) is 6.61 Å². The van der Waals surface area contributed by atoms with Crippen LogP contribution < -0.4 is 0 Å². The molecule has 1 aliphatic rings. The summed E-state index contributed by atoms with van der Waals surface area (Å²) in [6, 6.07) is 0. The van der Waals surface area contributed by atoms with Crippen LogP contribution in [0.2, 0.25) is 0 Å². The average molecular weight is 214 g/mol. The highest BCUT2D eigenvalue weighted by atomic mass is 35.7. The molecule has 1 aliphatic heterocycles. The summed E-state index contributed by atoms with van der Waals surface area (Å²) in [6.45, 7) is 5.90. The molecule has 1 fully saturated rings. The minimum absolute atomic E-state index is 0.186. The monoisotopic (exact) mass is 213 g/mol. The Morgan fingerprint density at radius 3 is 2.55 bits per heavy atom. The Balaban J connectivity index is 2.70. The Morgan fingerprint density at radius 1 is 1.64 bits per heavy atom. The molecule has 0 spiro atoms. The molecule has 0 N–H and O–H groups in total. The highest BCUT2D eigenvalue weighted by Crippen LogP contribution is 2.59. The topological polar surface area (TPSA) is 12.5 Å². The maximum atomic E-state index is 5.98. The Morgan fingerprint density at radius 2 is 2.18 bits per heavy atom. The quantitative estimate of drug-likeness (QED) is 0.574. The van der Waals surface area contributed by atoms with Gasteiger partial charge < -0.3 is 4.52 Å². The van der Waals surface area contributed by atoms with Crippen molar-refractivity contribution >= 4 is 28.8 Å². The molecule has 0 saturated carbocycles. The van der Waals surface area contributed by atoms with Crippen LogP contribution in [0.4, 0.5) is 0 Å². The first kappa shape index (κ1) is 9.94. The molecule has 5 heteroatoms. The maximum Gasteiger partial charge on any atom is 0.221 e. The molecule has 0 aromatic carbocycles. The first-order chi connectivity index (χ1) is 4.83. The van der Waals surface area contributed by atoms with E-state index in [2.05, 4.69) is 13.8 Å². The van der Waals surface area contributed by atoms with Gasteiger partial charge in [-0.25, -0.2) is 4.67 Å². The van der Waals surface area contributed by atoms with Gasteiger partial charge in [0.2, 0.25) is 5.77 Å². The van der Waals surface area contributed by atoms with Gasteiger partial charge in [-0.15, -0.1) is 0 Å². The predicted octanol–water partition coefficient (Wildman–Crippen LogP) is 2.44. The Kier molecular flexibility index (Phi) is 2.68. The molecule has 0 amide bonds.